The van der Waals surface area contributed by atoms with E-state index in [4.69, 9.17) is 5.73 Å². The van der Waals surface area contributed by atoms with Crippen molar-refractivity contribution in [3.05, 3.63) is 30.2 Å². The molecule has 2 aromatic rings. The lowest BCUT2D eigenvalue weighted by molar-refractivity contribution is 0.263. The van der Waals surface area contributed by atoms with Gasteiger partial charge in [0.1, 0.15) is 0 Å². The summed E-state index contributed by atoms with van der Waals surface area (Å²) in [6, 6.07) is 5.35. The molecule has 0 saturated carbocycles. The maximum atomic E-state index is 14.2. The van der Waals surface area contributed by atoms with Crippen molar-refractivity contribution in [3.8, 4) is 0 Å². The van der Waals surface area contributed by atoms with Crippen LogP contribution in [0.2, 0.25) is 0 Å². The van der Waals surface area contributed by atoms with Gasteiger partial charge in [0.25, 0.3) is 0 Å². The lowest BCUT2D eigenvalue weighted by Gasteiger charge is -2.30. The van der Waals surface area contributed by atoms with Gasteiger partial charge in [0.05, 0.1) is 11.2 Å². The zero-order valence-electron chi connectivity index (χ0n) is 11.6. The summed E-state index contributed by atoms with van der Waals surface area (Å²) in [6.45, 7) is 2.05. The lowest BCUT2D eigenvalue weighted by Crippen LogP contribution is -2.37. The topological polar surface area (TPSA) is 54.2 Å². The molecule has 0 bridgehead atoms. The van der Waals surface area contributed by atoms with Gasteiger partial charge in [0, 0.05) is 23.3 Å². The predicted octanol–water partition coefficient (Wildman–Crippen LogP) is 2.46. The van der Waals surface area contributed by atoms with E-state index in [1.165, 1.54) is 6.07 Å². The molecule has 1 aromatic heterocycles. The first-order valence-corrected chi connectivity index (χ1v) is 6.93. The van der Waals surface area contributed by atoms with Crippen molar-refractivity contribution in [1.29, 1.82) is 0 Å². The molecule has 20 heavy (non-hydrogen) atoms. The number of aromatic nitrogens is 1. The fourth-order valence-corrected chi connectivity index (χ4v) is 2.73. The fourth-order valence-electron chi connectivity index (χ4n) is 2.73. The summed E-state index contributed by atoms with van der Waals surface area (Å²) in [6.07, 6.45) is 3.68. The number of fused-ring (bicyclic) bond motifs is 1. The molecule has 106 valence electrons. The summed E-state index contributed by atoms with van der Waals surface area (Å²) >= 11 is 0. The first kappa shape index (κ1) is 13.1. The van der Waals surface area contributed by atoms with Crippen LogP contribution in [-0.4, -0.2) is 36.1 Å². The summed E-state index contributed by atoms with van der Waals surface area (Å²) in [5.41, 5.74) is 7.38. The Labute approximate surface area is 117 Å². The smallest absolute Gasteiger partial charge is 0.150 e. The van der Waals surface area contributed by atoms with Crippen molar-refractivity contribution < 1.29 is 4.39 Å². The Morgan fingerprint density at radius 1 is 1.40 bits per heavy atom. The van der Waals surface area contributed by atoms with Gasteiger partial charge in [-0.2, -0.15) is 0 Å². The third kappa shape index (κ3) is 2.41. The predicted molar refractivity (Wildman–Crippen MR) is 80.3 cm³/mol. The molecule has 1 saturated heterocycles. The van der Waals surface area contributed by atoms with Crippen molar-refractivity contribution in [2.75, 3.05) is 31.2 Å². The van der Waals surface area contributed by atoms with Gasteiger partial charge >= 0.3 is 0 Å². The lowest BCUT2D eigenvalue weighted by atomic mass is 10.0. The molecule has 5 heteroatoms. The molecule has 2 heterocycles. The molecule has 3 N–H and O–H groups in total. The minimum Gasteiger partial charge on any atom is -0.398 e. The second-order valence-corrected chi connectivity index (χ2v) is 5.44. The van der Waals surface area contributed by atoms with E-state index in [1.807, 2.05) is 12.1 Å². The van der Waals surface area contributed by atoms with E-state index in [-0.39, 0.29) is 11.9 Å². The van der Waals surface area contributed by atoms with Gasteiger partial charge in [-0.3, -0.25) is 4.98 Å². The highest BCUT2D eigenvalue weighted by Gasteiger charge is 2.19. The van der Waals surface area contributed by atoms with Gasteiger partial charge < -0.3 is 16.0 Å². The van der Waals surface area contributed by atoms with Crippen LogP contribution in [0.25, 0.3) is 10.9 Å². The van der Waals surface area contributed by atoms with E-state index in [1.54, 1.807) is 6.20 Å². The standard InChI is InChI=1S/C15H19FN4/c1-20-7-4-10(5-8-20)19-15-12(16)9-13(17)11-3-2-6-18-14(11)15/h2-3,6,9-10,19H,4-5,7-8,17H2,1H3. The summed E-state index contributed by atoms with van der Waals surface area (Å²) in [4.78, 5) is 6.58. The Kier molecular flexibility index (Phi) is 3.44. The normalized spacial score (nSPS) is 17.5. The highest BCUT2D eigenvalue weighted by atomic mass is 19.1. The van der Waals surface area contributed by atoms with Gasteiger partial charge in [-0.1, -0.05) is 0 Å². The van der Waals surface area contributed by atoms with Crippen LogP contribution in [0, 0.1) is 5.82 Å². The molecular formula is C15H19FN4. The third-order valence-electron chi connectivity index (χ3n) is 3.94. The monoisotopic (exact) mass is 274 g/mol. The number of likely N-dealkylation sites (tertiary alicyclic amines) is 1. The maximum absolute atomic E-state index is 14.2. The van der Waals surface area contributed by atoms with E-state index in [0.29, 0.717) is 16.9 Å². The number of anilines is 2. The zero-order chi connectivity index (χ0) is 14.1. The van der Waals surface area contributed by atoms with Crippen LogP contribution in [0.1, 0.15) is 12.8 Å². The highest BCUT2D eigenvalue weighted by Crippen LogP contribution is 2.31. The Morgan fingerprint density at radius 3 is 2.90 bits per heavy atom. The average Bonchev–Trinajstić information content (AvgIpc) is 2.45. The molecule has 0 amide bonds. The van der Waals surface area contributed by atoms with E-state index in [2.05, 4.69) is 22.2 Å². The number of hydrogen-bond acceptors (Lipinski definition) is 4. The molecule has 0 unspecified atom stereocenters. The van der Waals surface area contributed by atoms with Gasteiger partial charge in [-0.25, -0.2) is 4.39 Å². The molecule has 0 radical (unpaired) electrons. The molecule has 0 spiro atoms. The third-order valence-corrected chi connectivity index (χ3v) is 3.94. The number of hydrogen-bond donors (Lipinski definition) is 2. The van der Waals surface area contributed by atoms with Gasteiger partial charge in [0.2, 0.25) is 0 Å². The number of nitrogen functional groups attached to an aromatic ring is 1. The maximum Gasteiger partial charge on any atom is 0.150 e. The molecule has 1 aliphatic heterocycles. The number of nitrogens with one attached hydrogen (secondary N) is 1. The zero-order valence-corrected chi connectivity index (χ0v) is 11.6. The molecule has 1 aliphatic rings. The van der Waals surface area contributed by atoms with Crippen molar-refractivity contribution >= 4 is 22.3 Å². The number of nitrogens with two attached hydrogens (primary N) is 1. The van der Waals surface area contributed by atoms with E-state index >= 15 is 0 Å². The van der Waals surface area contributed by atoms with E-state index in [0.717, 1.165) is 31.3 Å². The van der Waals surface area contributed by atoms with E-state index < -0.39 is 0 Å². The largest absolute Gasteiger partial charge is 0.398 e. The van der Waals surface area contributed by atoms with Crippen molar-refractivity contribution in [3.63, 3.8) is 0 Å². The van der Waals surface area contributed by atoms with Crippen molar-refractivity contribution in [2.24, 2.45) is 0 Å². The second kappa shape index (κ2) is 5.25. The molecule has 4 nitrogen and oxygen atoms in total. The minimum absolute atomic E-state index is 0.287. The van der Waals surface area contributed by atoms with Crippen molar-refractivity contribution in [2.45, 2.75) is 18.9 Å². The van der Waals surface area contributed by atoms with Crippen LogP contribution in [0.4, 0.5) is 15.8 Å². The summed E-state index contributed by atoms with van der Waals surface area (Å²) in [5.74, 6) is -0.326. The highest BCUT2D eigenvalue weighted by molar-refractivity contribution is 5.98. The van der Waals surface area contributed by atoms with Crippen molar-refractivity contribution in [1.82, 2.24) is 9.88 Å². The Balaban J connectivity index is 1.95. The van der Waals surface area contributed by atoms with Crippen LogP contribution in [0.15, 0.2) is 24.4 Å². The Bertz CT molecular complexity index is 621. The van der Waals surface area contributed by atoms with Crippen LogP contribution in [0.5, 0.6) is 0 Å². The first-order chi connectivity index (χ1) is 9.65. The summed E-state index contributed by atoms with van der Waals surface area (Å²) < 4.78 is 14.2. The van der Waals surface area contributed by atoms with Crippen LogP contribution in [0.3, 0.4) is 0 Å². The molecule has 0 aliphatic carbocycles. The van der Waals surface area contributed by atoms with Gasteiger partial charge in [-0.15, -0.1) is 0 Å². The van der Waals surface area contributed by atoms with E-state index in [9.17, 15) is 4.39 Å². The molecule has 1 aromatic carbocycles. The second-order valence-electron chi connectivity index (χ2n) is 5.44. The quantitative estimate of drug-likeness (QED) is 0.826. The summed E-state index contributed by atoms with van der Waals surface area (Å²) in [5, 5.41) is 4.12. The number of benzene rings is 1. The van der Waals surface area contributed by atoms with Gasteiger partial charge in [0.15, 0.2) is 5.82 Å². The number of piperidine rings is 1. The Hall–Kier alpha value is -1.88. The summed E-state index contributed by atoms with van der Waals surface area (Å²) in [7, 11) is 2.11. The molecular weight excluding hydrogens is 255 g/mol. The Morgan fingerprint density at radius 2 is 2.15 bits per heavy atom. The van der Waals surface area contributed by atoms with Gasteiger partial charge in [-0.05, 0) is 51.2 Å². The average molecular weight is 274 g/mol. The minimum atomic E-state index is -0.326. The number of halogens is 1. The van der Waals surface area contributed by atoms with Crippen LogP contribution >= 0.6 is 0 Å². The SMILES string of the molecule is CN1CCC(Nc2c(F)cc(N)c3cccnc23)CC1. The number of nitrogens with zero attached hydrogens (tertiary/aromatic N) is 2. The number of pyridine rings is 1. The van der Waals surface area contributed by atoms with Crippen LogP contribution in [-0.2, 0) is 0 Å². The first-order valence-electron chi connectivity index (χ1n) is 6.93. The molecule has 1 fully saturated rings. The number of rotatable bonds is 2. The molecule has 3 rings (SSSR count). The van der Waals surface area contributed by atoms with Crippen LogP contribution < -0.4 is 11.1 Å². The molecule has 0 atom stereocenters. The fraction of sp³-hybridized carbons (Fsp3) is 0.400.